The minimum absolute atomic E-state index is 0. The van der Waals surface area contributed by atoms with Crippen LogP contribution in [-0.4, -0.2) is 39.8 Å². The lowest BCUT2D eigenvalue weighted by Crippen LogP contribution is -3.20. The van der Waals surface area contributed by atoms with Crippen molar-refractivity contribution < 1.29 is 39.4 Å². The van der Waals surface area contributed by atoms with Crippen molar-refractivity contribution >= 4 is 0 Å². The SMILES string of the molecule is COc1ccc2c(c1)CC[NH+](CC[NH+]1CCCCC1)C2.[Cl-].[Cl-]. The van der Waals surface area contributed by atoms with E-state index >= 15 is 0 Å². The Hall–Kier alpha value is -0.480. The van der Waals surface area contributed by atoms with E-state index < -0.39 is 0 Å². The van der Waals surface area contributed by atoms with Crippen molar-refractivity contribution in [3.8, 4) is 5.75 Å². The van der Waals surface area contributed by atoms with Crippen molar-refractivity contribution in [2.24, 2.45) is 0 Å². The Morgan fingerprint density at radius 1 is 0.909 bits per heavy atom. The Morgan fingerprint density at radius 2 is 1.64 bits per heavy atom. The van der Waals surface area contributed by atoms with E-state index in [-0.39, 0.29) is 24.8 Å². The number of hydrogen-bond donors (Lipinski definition) is 2. The summed E-state index contributed by atoms with van der Waals surface area (Å²) in [5, 5.41) is 0. The number of piperidine rings is 1. The predicted molar refractivity (Wildman–Crippen MR) is 80.5 cm³/mol. The highest BCUT2D eigenvalue weighted by Crippen LogP contribution is 2.18. The number of methoxy groups -OCH3 is 1. The third kappa shape index (κ3) is 5.02. The fraction of sp³-hybridized carbons (Fsp3) is 0.647. The third-order valence-corrected chi connectivity index (χ3v) is 4.99. The molecule has 126 valence electrons. The zero-order chi connectivity index (χ0) is 13.8. The van der Waals surface area contributed by atoms with Crippen LogP contribution < -0.4 is 39.4 Å². The van der Waals surface area contributed by atoms with Gasteiger partial charge in [0.2, 0.25) is 0 Å². The minimum Gasteiger partial charge on any atom is -1.00 e. The van der Waals surface area contributed by atoms with E-state index in [4.69, 9.17) is 4.74 Å². The minimum atomic E-state index is 0. The summed E-state index contributed by atoms with van der Waals surface area (Å²) >= 11 is 0. The molecule has 1 fully saturated rings. The molecule has 2 heterocycles. The number of quaternary nitrogens is 2. The van der Waals surface area contributed by atoms with Crippen LogP contribution in [0, 0.1) is 0 Å². The molecule has 22 heavy (non-hydrogen) atoms. The van der Waals surface area contributed by atoms with E-state index in [1.54, 1.807) is 12.0 Å². The van der Waals surface area contributed by atoms with Gasteiger partial charge in [0.25, 0.3) is 0 Å². The first-order valence-electron chi connectivity index (χ1n) is 8.18. The molecule has 1 unspecified atom stereocenters. The second kappa shape index (κ2) is 9.61. The maximum atomic E-state index is 5.32. The van der Waals surface area contributed by atoms with Gasteiger partial charge in [0.15, 0.2) is 0 Å². The lowest BCUT2D eigenvalue weighted by atomic mass is 9.99. The van der Waals surface area contributed by atoms with Gasteiger partial charge in [-0.15, -0.1) is 0 Å². The summed E-state index contributed by atoms with van der Waals surface area (Å²) in [5.74, 6) is 1.00. The van der Waals surface area contributed by atoms with Crippen LogP contribution in [-0.2, 0) is 13.0 Å². The fourth-order valence-electron chi connectivity index (χ4n) is 3.67. The molecule has 3 rings (SSSR count). The fourth-order valence-corrected chi connectivity index (χ4v) is 3.67. The monoisotopic (exact) mass is 346 g/mol. The summed E-state index contributed by atoms with van der Waals surface area (Å²) in [7, 11) is 1.75. The average Bonchev–Trinajstić information content (AvgIpc) is 2.53. The number of ether oxygens (including phenoxy) is 1. The predicted octanol–water partition coefficient (Wildman–Crippen LogP) is -6.29. The third-order valence-electron chi connectivity index (χ3n) is 4.99. The topological polar surface area (TPSA) is 18.1 Å². The molecule has 1 aromatic rings. The molecule has 0 bridgehead atoms. The van der Waals surface area contributed by atoms with Gasteiger partial charge in [0.1, 0.15) is 25.4 Å². The van der Waals surface area contributed by atoms with Crippen LogP contribution in [0.4, 0.5) is 0 Å². The summed E-state index contributed by atoms with van der Waals surface area (Å²) in [6.45, 7) is 7.99. The molecule has 0 aromatic heterocycles. The summed E-state index contributed by atoms with van der Waals surface area (Å²) in [6, 6.07) is 6.60. The van der Waals surface area contributed by atoms with Gasteiger partial charge in [-0.1, -0.05) is 0 Å². The quantitative estimate of drug-likeness (QED) is 0.555. The van der Waals surface area contributed by atoms with Crippen molar-refractivity contribution in [2.45, 2.75) is 32.2 Å². The van der Waals surface area contributed by atoms with Crippen molar-refractivity contribution in [3.05, 3.63) is 29.3 Å². The van der Waals surface area contributed by atoms with E-state index in [9.17, 15) is 0 Å². The molecule has 5 heteroatoms. The highest BCUT2D eigenvalue weighted by atomic mass is 35.5. The Bertz CT molecular complexity index is 450. The first-order chi connectivity index (χ1) is 9.85. The van der Waals surface area contributed by atoms with Gasteiger partial charge in [-0.25, -0.2) is 0 Å². The van der Waals surface area contributed by atoms with E-state index in [0.717, 1.165) is 5.75 Å². The first-order valence-corrected chi connectivity index (χ1v) is 8.18. The van der Waals surface area contributed by atoms with E-state index in [1.807, 2.05) is 4.90 Å². The Morgan fingerprint density at radius 3 is 2.36 bits per heavy atom. The van der Waals surface area contributed by atoms with Crippen molar-refractivity contribution in [3.63, 3.8) is 0 Å². The molecule has 0 spiro atoms. The molecule has 2 aliphatic heterocycles. The van der Waals surface area contributed by atoms with Crippen LogP contribution in [0.2, 0.25) is 0 Å². The molecule has 1 aromatic carbocycles. The van der Waals surface area contributed by atoms with Crippen LogP contribution in [0.3, 0.4) is 0 Å². The average molecular weight is 347 g/mol. The van der Waals surface area contributed by atoms with Gasteiger partial charge in [-0.2, -0.15) is 0 Å². The number of nitrogens with one attached hydrogen (secondary N) is 2. The van der Waals surface area contributed by atoms with Crippen molar-refractivity contribution in [2.75, 3.05) is 39.8 Å². The summed E-state index contributed by atoms with van der Waals surface area (Å²) in [5.41, 5.74) is 3.03. The molecule has 0 amide bonds. The highest BCUT2D eigenvalue weighted by molar-refractivity contribution is 5.36. The number of benzene rings is 1. The van der Waals surface area contributed by atoms with Crippen LogP contribution >= 0.6 is 0 Å². The van der Waals surface area contributed by atoms with Crippen LogP contribution in [0.1, 0.15) is 30.4 Å². The van der Waals surface area contributed by atoms with Crippen LogP contribution in [0.25, 0.3) is 0 Å². The van der Waals surface area contributed by atoms with Crippen molar-refractivity contribution in [1.29, 1.82) is 0 Å². The zero-order valence-electron chi connectivity index (χ0n) is 13.5. The molecule has 2 aliphatic rings. The standard InChI is InChI=1S/C17H26N2O.2ClH/c1-20-17-6-5-16-14-19(10-7-15(16)13-17)12-11-18-8-3-2-4-9-18;;/h5-6,13H,2-4,7-12,14H2,1H3;2*1H. The molecule has 1 saturated heterocycles. The number of rotatable bonds is 4. The maximum absolute atomic E-state index is 5.32. The molecule has 2 N–H and O–H groups in total. The lowest BCUT2D eigenvalue weighted by Gasteiger charge is -2.29. The molecule has 0 saturated carbocycles. The smallest absolute Gasteiger partial charge is 0.127 e. The molecule has 0 aliphatic carbocycles. The van der Waals surface area contributed by atoms with Gasteiger partial charge >= 0.3 is 0 Å². The molecule has 0 radical (unpaired) electrons. The van der Waals surface area contributed by atoms with Gasteiger partial charge in [0, 0.05) is 12.0 Å². The van der Waals surface area contributed by atoms with Crippen molar-refractivity contribution in [1.82, 2.24) is 0 Å². The number of hydrogen-bond acceptors (Lipinski definition) is 1. The highest BCUT2D eigenvalue weighted by Gasteiger charge is 2.22. The Balaban J connectivity index is 0.00000121. The van der Waals surface area contributed by atoms with Gasteiger partial charge in [-0.05, 0) is 43.0 Å². The molecule has 1 atom stereocenters. The van der Waals surface area contributed by atoms with Gasteiger partial charge in [0.05, 0.1) is 26.7 Å². The van der Waals surface area contributed by atoms with Gasteiger partial charge in [-0.3, -0.25) is 0 Å². The normalized spacial score (nSPS) is 21.2. The first kappa shape index (κ1) is 19.6. The van der Waals surface area contributed by atoms with E-state index in [1.165, 1.54) is 76.1 Å². The second-order valence-electron chi connectivity index (χ2n) is 6.37. The molecule has 3 nitrogen and oxygen atoms in total. The zero-order valence-corrected chi connectivity index (χ0v) is 15.0. The van der Waals surface area contributed by atoms with Gasteiger partial charge < -0.3 is 39.4 Å². The summed E-state index contributed by atoms with van der Waals surface area (Å²) in [6.07, 6.45) is 5.53. The van der Waals surface area contributed by atoms with Crippen LogP contribution in [0.15, 0.2) is 18.2 Å². The number of fused-ring (bicyclic) bond motifs is 1. The Labute approximate surface area is 146 Å². The lowest BCUT2D eigenvalue weighted by molar-refractivity contribution is -0.967. The number of halogens is 2. The Kier molecular flexibility index (Phi) is 8.55. The number of likely N-dealkylation sites (tertiary alicyclic amines) is 1. The van der Waals surface area contributed by atoms with E-state index in [2.05, 4.69) is 18.2 Å². The molecular formula is C17H28Cl2N2O. The maximum Gasteiger partial charge on any atom is 0.127 e. The van der Waals surface area contributed by atoms with E-state index in [0.29, 0.717) is 0 Å². The molecular weight excluding hydrogens is 319 g/mol. The second-order valence-corrected chi connectivity index (χ2v) is 6.37. The summed E-state index contributed by atoms with van der Waals surface area (Å²) in [4.78, 5) is 3.60. The summed E-state index contributed by atoms with van der Waals surface area (Å²) < 4.78 is 5.32. The largest absolute Gasteiger partial charge is 1.00 e. The van der Waals surface area contributed by atoms with Crippen LogP contribution in [0.5, 0.6) is 5.75 Å².